The van der Waals surface area contributed by atoms with Gasteiger partial charge in [-0.25, -0.2) is 9.59 Å². The number of urea groups is 1. The van der Waals surface area contributed by atoms with Crippen molar-refractivity contribution in [2.75, 3.05) is 18.6 Å². The Morgan fingerprint density at radius 1 is 1.10 bits per heavy atom. The molecule has 0 radical (unpaired) electrons. The molecule has 3 N–H and O–H groups in total. The zero-order valence-electron chi connectivity index (χ0n) is 16.4. The van der Waals surface area contributed by atoms with Gasteiger partial charge in [0.15, 0.2) is 6.61 Å². The summed E-state index contributed by atoms with van der Waals surface area (Å²) in [6.07, 6.45) is 2.23. The van der Waals surface area contributed by atoms with Crippen molar-refractivity contribution in [2.45, 2.75) is 19.0 Å². The van der Waals surface area contributed by atoms with E-state index in [1.807, 2.05) is 23.8 Å². The molecule has 0 saturated carbocycles. The third kappa shape index (κ3) is 8.26. The molecule has 4 amide bonds. The van der Waals surface area contributed by atoms with Gasteiger partial charge in [0.1, 0.15) is 6.04 Å². The molecule has 0 aliphatic rings. The summed E-state index contributed by atoms with van der Waals surface area (Å²) in [5, 5.41) is 9.14. The number of esters is 1. The molecule has 0 bridgehead atoms. The van der Waals surface area contributed by atoms with E-state index in [1.165, 1.54) is 23.1 Å². The van der Waals surface area contributed by atoms with E-state index in [-0.39, 0.29) is 0 Å². The fraction of sp³-hybridized carbons (Fsp3) is 0.300. The molecule has 0 aliphatic heterocycles. The van der Waals surface area contributed by atoms with Crippen molar-refractivity contribution in [1.29, 1.82) is 0 Å². The minimum Gasteiger partial charge on any atom is -0.454 e. The lowest BCUT2D eigenvalue weighted by Crippen LogP contribution is -2.45. The second kappa shape index (κ2) is 12.7. The minimum absolute atomic E-state index is 0.291. The Morgan fingerprint density at radius 2 is 1.87 bits per heavy atom. The first-order chi connectivity index (χ1) is 14.5. The summed E-state index contributed by atoms with van der Waals surface area (Å²) < 4.78 is 5.00. The predicted molar refractivity (Wildman–Crippen MR) is 116 cm³/mol. The Labute approximate surface area is 182 Å². The maximum Gasteiger partial charge on any atom is 0.329 e. The van der Waals surface area contributed by atoms with Crippen LogP contribution in [0.3, 0.4) is 0 Å². The van der Waals surface area contributed by atoms with Gasteiger partial charge in [0.25, 0.3) is 11.8 Å². The van der Waals surface area contributed by atoms with Crippen molar-refractivity contribution in [3.05, 3.63) is 58.3 Å². The molecule has 0 saturated heterocycles. The molecule has 0 unspecified atom stereocenters. The van der Waals surface area contributed by atoms with Crippen LogP contribution >= 0.6 is 23.1 Å². The van der Waals surface area contributed by atoms with Crippen molar-refractivity contribution < 1.29 is 23.9 Å². The van der Waals surface area contributed by atoms with Gasteiger partial charge in [-0.05, 0) is 42.0 Å². The number of benzene rings is 1. The van der Waals surface area contributed by atoms with E-state index in [4.69, 9.17) is 4.74 Å². The monoisotopic (exact) mass is 449 g/mol. The summed E-state index contributed by atoms with van der Waals surface area (Å²) in [4.78, 5) is 49.2. The normalized spacial score (nSPS) is 11.2. The van der Waals surface area contributed by atoms with Gasteiger partial charge in [0, 0.05) is 10.4 Å². The number of thiophene rings is 1. The Balaban J connectivity index is 1.80. The molecule has 30 heavy (non-hydrogen) atoms. The molecule has 2 aromatic rings. The highest BCUT2D eigenvalue weighted by Gasteiger charge is 2.23. The molecule has 8 nitrogen and oxygen atoms in total. The first-order valence-corrected chi connectivity index (χ1v) is 11.4. The summed E-state index contributed by atoms with van der Waals surface area (Å²) >= 11 is 2.99. The lowest BCUT2D eigenvalue weighted by Gasteiger charge is -2.17. The van der Waals surface area contributed by atoms with Crippen molar-refractivity contribution >= 4 is 46.9 Å². The van der Waals surface area contributed by atoms with E-state index >= 15 is 0 Å². The molecule has 0 aliphatic carbocycles. The summed E-state index contributed by atoms with van der Waals surface area (Å²) in [5.74, 6) is -1.28. The predicted octanol–water partition coefficient (Wildman–Crippen LogP) is 2.17. The maximum absolute atomic E-state index is 12.4. The van der Waals surface area contributed by atoms with Crippen LogP contribution in [0.5, 0.6) is 0 Å². The molecule has 0 fully saturated rings. The van der Waals surface area contributed by atoms with Gasteiger partial charge in [-0.2, -0.15) is 11.8 Å². The Bertz CT molecular complexity index is 843. The molecule has 1 atom stereocenters. The summed E-state index contributed by atoms with van der Waals surface area (Å²) in [5.41, 5.74) is 0.416. The zero-order valence-corrected chi connectivity index (χ0v) is 18.0. The van der Waals surface area contributed by atoms with Crippen LogP contribution in [0.4, 0.5) is 4.79 Å². The van der Waals surface area contributed by atoms with Crippen LogP contribution in [0.2, 0.25) is 0 Å². The van der Waals surface area contributed by atoms with Gasteiger partial charge in [0.2, 0.25) is 0 Å². The number of amides is 4. The van der Waals surface area contributed by atoms with E-state index in [0.29, 0.717) is 24.3 Å². The van der Waals surface area contributed by atoms with E-state index in [2.05, 4.69) is 16.0 Å². The molecule has 160 valence electrons. The largest absolute Gasteiger partial charge is 0.454 e. The highest BCUT2D eigenvalue weighted by Crippen LogP contribution is 2.07. The number of hydrogen-bond donors (Lipinski definition) is 3. The smallest absolute Gasteiger partial charge is 0.329 e. The van der Waals surface area contributed by atoms with Crippen LogP contribution in [0.15, 0.2) is 47.8 Å². The summed E-state index contributed by atoms with van der Waals surface area (Å²) in [6, 6.07) is 10.6. The highest BCUT2D eigenvalue weighted by atomic mass is 32.2. The molecule has 0 spiro atoms. The van der Waals surface area contributed by atoms with Gasteiger partial charge < -0.3 is 15.4 Å². The molecule has 1 aromatic heterocycles. The van der Waals surface area contributed by atoms with Crippen molar-refractivity contribution in [1.82, 2.24) is 16.0 Å². The molecule has 1 heterocycles. The second-order valence-electron chi connectivity index (χ2n) is 6.09. The number of nitrogens with one attached hydrogen (secondary N) is 3. The third-order valence-electron chi connectivity index (χ3n) is 3.84. The fourth-order valence-electron chi connectivity index (χ4n) is 2.34. The quantitative estimate of drug-likeness (QED) is 0.479. The number of imide groups is 1. The first kappa shape index (κ1) is 23.4. The zero-order chi connectivity index (χ0) is 21.8. The van der Waals surface area contributed by atoms with E-state index < -0.39 is 36.5 Å². The minimum atomic E-state index is -0.898. The molecule has 2 rings (SSSR count). The maximum atomic E-state index is 12.4. The van der Waals surface area contributed by atoms with E-state index in [1.54, 1.807) is 30.3 Å². The van der Waals surface area contributed by atoms with Crippen LogP contribution in [-0.4, -0.2) is 48.5 Å². The highest BCUT2D eigenvalue weighted by molar-refractivity contribution is 7.98. The van der Waals surface area contributed by atoms with Crippen LogP contribution in [0.1, 0.15) is 21.7 Å². The van der Waals surface area contributed by atoms with Gasteiger partial charge >= 0.3 is 12.0 Å². The van der Waals surface area contributed by atoms with Crippen molar-refractivity contribution in [3.8, 4) is 0 Å². The van der Waals surface area contributed by atoms with Crippen LogP contribution < -0.4 is 16.0 Å². The molecule has 10 heteroatoms. The SMILES string of the molecule is CSCC[C@@H](NC(=O)c1ccccc1)C(=O)OCC(=O)NC(=O)NCc1cccs1. The van der Waals surface area contributed by atoms with Crippen molar-refractivity contribution in [3.63, 3.8) is 0 Å². The van der Waals surface area contributed by atoms with E-state index in [0.717, 1.165) is 4.88 Å². The van der Waals surface area contributed by atoms with Gasteiger partial charge in [0.05, 0.1) is 6.54 Å². The molecule has 1 aromatic carbocycles. The first-order valence-electron chi connectivity index (χ1n) is 9.11. The second-order valence-corrected chi connectivity index (χ2v) is 8.11. The summed E-state index contributed by atoms with van der Waals surface area (Å²) in [7, 11) is 0. The van der Waals surface area contributed by atoms with Gasteiger partial charge in [-0.3, -0.25) is 14.9 Å². The molecular weight excluding hydrogens is 426 g/mol. The Kier molecular flexibility index (Phi) is 9.88. The van der Waals surface area contributed by atoms with Crippen molar-refractivity contribution in [2.24, 2.45) is 0 Å². The average molecular weight is 450 g/mol. The van der Waals surface area contributed by atoms with Crippen LogP contribution in [0.25, 0.3) is 0 Å². The average Bonchev–Trinajstić information content (AvgIpc) is 3.27. The van der Waals surface area contributed by atoms with Gasteiger partial charge in [-0.1, -0.05) is 24.3 Å². The van der Waals surface area contributed by atoms with Crippen LogP contribution in [0, 0.1) is 0 Å². The number of hydrogen-bond acceptors (Lipinski definition) is 7. The lowest BCUT2D eigenvalue weighted by atomic mass is 10.1. The Hall–Kier alpha value is -2.85. The standard InChI is InChI=1S/C20H23N3O5S2/c1-29-11-9-16(22-18(25)14-6-3-2-4-7-14)19(26)28-13-17(24)23-20(27)21-12-15-8-5-10-30-15/h2-8,10,16H,9,11-13H2,1H3,(H,22,25)(H2,21,23,24,27)/t16-/m1/s1. The molecular formula is C20H23N3O5S2. The number of ether oxygens (including phenoxy) is 1. The Morgan fingerprint density at radius 3 is 2.53 bits per heavy atom. The lowest BCUT2D eigenvalue weighted by molar-refractivity contribution is -0.150. The number of carbonyl (C=O) groups is 4. The topological polar surface area (TPSA) is 114 Å². The van der Waals surface area contributed by atoms with Crippen LogP contribution in [-0.2, 0) is 20.9 Å². The van der Waals surface area contributed by atoms with Gasteiger partial charge in [-0.15, -0.1) is 11.3 Å². The number of thioether (sulfide) groups is 1. The summed E-state index contributed by atoms with van der Waals surface area (Å²) in [6.45, 7) is -0.332. The number of rotatable bonds is 10. The third-order valence-corrected chi connectivity index (χ3v) is 5.36. The van der Waals surface area contributed by atoms with E-state index in [9.17, 15) is 19.2 Å². The fourth-order valence-corrected chi connectivity index (χ4v) is 3.46. The number of carbonyl (C=O) groups excluding carboxylic acids is 4.